The summed E-state index contributed by atoms with van der Waals surface area (Å²) in [5, 5.41) is 3.70. The van der Waals surface area contributed by atoms with Gasteiger partial charge in [-0.25, -0.2) is 0 Å². The SMILES string of the molecule is CCCNC(c1ccc(CC)cc1)C1(OC)CCOCC1. The van der Waals surface area contributed by atoms with E-state index in [0.717, 1.165) is 45.4 Å². The zero-order valence-electron chi connectivity index (χ0n) is 13.7. The van der Waals surface area contributed by atoms with Crippen molar-refractivity contribution in [3.63, 3.8) is 0 Å². The molecule has 118 valence electrons. The predicted molar refractivity (Wildman–Crippen MR) is 86.6 cm³/mol. The van der Waals surface area contributed by atoms with Gasteiger partial charge in [0, 0.05) is 33.2 Å². The zero-order valence-corrected chi connectivity index (χ0v) is 13.7. The Morgan fingerprint density at radius 3 is 2.38 bits per heavy atom. The second-order valence-corrected chi connectivity index (χ2v) is 5.86. The summed E-state index contributed by atoms with van der Waals surface area (Å²) in [6.45, 7) is 6.97. The van der Waals surface area contributed by atoms with Gasteiger partial charge in [0.25, 0.3) is 0 Å². The number of hydrogen-bond donors (Lipinski definition) is 1. The Morgan fingerprint density at radius 2 is 1.86 bits per heavy atom. The summed E-state index contributed by atoms with van der Waals surface area (Å²) in [6, 6.07) is 9.21. The first kappa shape index (κ1) is 16.5. The highest BCUT2D eigenvalue weighted by Gasteiger charge is 2.41. The molecule has 1 aliphatic heterocycles. The summed E-state index contributed by atoms with van der Waals surface area (Å²) in [5.41, 5.74) is 2.55. The van der Waals surface area contributed by atoms with Crippen molar-refractivity contribution >= 4 is 0 Å². The third kappa shape index (κ3) is 3.85. The van der Waals surface area contributed by atoms with Crippen LogP contribution < -0.4 is 5.32 Å². The van der Waals surface area contributed by atoms with Gasteiger partial charge in [-0.2, -0.15) is 0 Å². The predicted octanol–water partition coefficient (Wildman–Crippen LogP) is 3.49. The van der Waals surface area contributed by atoms with Crippen molar-refractivity contribution in [2.24, 2.45) is 0 Å². The smallest absolute Gasteiger partial charge is 0.0916 e. The van der Waals surface area contributed by atoms with E-state index in [1.165, 1.54) is 11.1 Å². The van der Waals surface area contributed by atoms with Crippen LogP contribution in [-0.2, 0) is 15.9 Å². The molecule has 0 radical (unpaired) electrons. The molecular formula is C18H29NO2. The fourth-order valence-electron chi connectivity index (χ4n) is 3.17. The molecule has 0 aliphatic carbocycles. The number of benzene rings is 1. The Balaban J connectivity index is 2.26. The van der Waals surface area contributed by atoms with Crippen molar-refractivity contribution in [1.29, 1.82) is 0 Å². The molecule has 21 heavy (non-hydrogen) atoms. The average molecular weight is 291 g/mol. The quantitative estimate of drug-likeness (QED) is 0.834. The molecule has 0 spiro atoms. The highest BCUT2D eigenvalue weighted by Crippen LogP contribution is 2.37. The van der Waals surface area contributed by atoms with E-state index in [9.17, 15) is 0 Å². The van der Waals surface area contributed by atoms with E-state index in [4.69, 9.17) is 9.47 Å². The van der Waals surface area contributed by atoms with Gasteiger partial charge in [-0.3, -0.25) is 0 Å². The van der Waals surface area contributed by atoms with Crippen LogP contribution in [0.3, 0.4) is 0 Å². The lowest BCUT2D eigenvalue weighted by atomic mass is 9.81. The number of methoxy groups -OCH3 is 1. The Bertz CT molecular complexity index is 410. The summed E-state index contributed by atoms with van der Waals surface area (Å²) in [5.74, 6) is 0. The maximum atomic E-state index is 6.01. The first-order chi connectivity index (χ1) is 10.3. The standard InChI is InChI=1S/C18H29NO2/c1-4-12-19-17(16-8-6-15(5-2)7-9-16)18(20-3)10-13-21-14-11-18/h6-9,17,19H,4-5,10-14H2,1-3H3. The number of rotatable bonds is 7. The highest BCUT2D eigenvalue weighted by molar-refractivity contribution is 5.27. The summed E-state index contributed by atoms with van der Waals surface area (Å²) < 4.78 is 11.6. The Hall–Kier alpha value is -0.900. The van der Waals surface area contributed by atoms with E-state index in [-0.39, 0.29) is 11.6 Å². The second-order valence-electron chi connectivity index (χ2n) is 5.86. The van der Waals surface area contributed by atoms with Crippen LogP contribution in [0.4, 0.5) is 0 Å². The van der Waals surface area contributed by atoms with Crippen molar-refractivity contribution in [1.82, 2.24) is 5.32 Å². The molecule has 1 aromatic rings. The van der Waals surface area contributed by atoms with Gasteiger partial charge in [-0.15, -0.1) is 0 Å². The molecule has 1 aliphatic rings. The normalized spacial score (nSPS) is 19.4. The monoisotopic (exact) mass is 291 g/mol. The Labute approximate surface area is 129 Å². The maximum Gasteiger partial charge on any atom is 0.0916 e. The van der Waals surface area contributed by atoms with E-state index in [1.807, 2.05) is 7.11 Å². The van der Waals surface area contributed by atoms with Crippen LogP contribution in [0.15, 0.2) is 24.3 Å². The fourth-order valence-corrected chi connectivity index (χ4v) is 3.17. The average Bonchev–Trinajstić information content (AvgIpc) is 2.56. The van der Waals surface area contributed by atoms with E-state index in [0.29, 0.717) is 0 Å². The van der Waals surface area contributed by atoms with Crippen molar-refractivity contribution in [2.45, 2.75) is 51.2 Å². The summed E-state index contributed by atoms with van der Waals surface area (Å²) >= 11 is 0. The minimum absolute atomic E-state index is 0.152. The molecule has 0 amide bonds. The minimum Gasteiger partial charge on any atom is -0.381 e. The van der Waals surface area contributed by atoms with Gasteiger partial charge < -0.3 is 14.8 Å². The first-order valence-electron chi connectivity index (χ1n) is 8.21. The lowest BCUT2D eigenvalue weighted by Gasteiger charge is -2.43. The third-order valence-electron chi connectivity index (χ3n) is 4.59. The number of ether oxygens (including phenoxy) is 2. The largest absolute Gasteiger partial charge is 0.381 e. The topological polar surface area (TPSA) is 30.5 Å². The lowest BCUT2D eigenvalue weighted by molar-refractivity contribution is -0.111. The number of hydrogen-bond acceptors (Lipinski definition) is 3. The molecule has 1 atom stereocenters. The molecule has 1 aromatic carbocycles. The van der Waals surface area contributed by atoms with E-state index in [2.05, 4.69) is 43.4 Å². The van der Waals surface area contributed by atoms with Crippen molar-refractivity contribution in [3.05, 3.63) is 35.4 Å². The van der Waals surface area contributed by atoms with Gasteiger partial charge in [0.15, 0.2) is 0 Å². The van der Waals surface area contributed by atoms with Crippen molar-refractivity contribution in [2.75, 3.05) is 26.9 Å². The third-order valence-corrected chi connectivity index (χ3v) is 4.59. The van der Waals surface area contributed by atoms with E-state index >= 15 is 0 Å². The van der Waals surface area contributed by atoms with Crippen LogP contribution >= 0.6 is 0 Å². The molecular weight excluding hydrogens is 262 g/mol. The van der Waals surface area contributed by atoms with Gasteiger partial charge in [-0.05, 0) is 30.5 Å². The van der Waals surface area contributed by atoms with Gasteiger partial charge in [0.2, 0.25) is 0 Å². The second kappa shape index (κ2) is 7.92. The fraction of sp³-hybridized carbons (Fsp3) is 0.667. The van der Waals surface area contributed by atoms with Crippen LogP contribution in [0.25, 0.3) is 0 Å². The summed E-state index contributed by atoms with van der Waals surface area (Å²) in [6.07, 6.45) is 4.09. The molecule has 1 saturated heterocycles. The van der Waals surface area contributed by atoms with Gasteiger partial charge in [0.05, 0.1) is 11.6 Å². The lowest BCUT2D eigenvalue weighted by Crippen LogP contribution is -2.49. The number of aryl methyl sites for hydroxylation is 1. The van der Waals surface area contributed by atoms with Crippen LogP contribution in [-0.4, -0.2) is 32.5 Å². The molecule has 3 heteroatoms. The number of nitrogens with one attached hydrogen (secondary N) is 1. The molecule has 1 unspecified atom stereocenters. The molecule has 3 nitrogen and oxygen atoms in total. The Morgan fingerprint density at radius 1 is 1.19 bits per heavy atom. The minimum atomic E-state index is -0.152. The molecule has 0 bridgehead atoms. The molecule has 1 fully saturated rings. The van der Waals surface area contributed by atoms with Gasteiger partial charge in [-0.1, -0.05) is 38.1 Å². The summed E-state index contributed by atoms with van der Waals surface area (Å²) in [4.78, 5) is 0. The molecule has 2 rings (SSSR count). The van der Waals surface area contributed by atoms with Crippen LogP contribution in [0.5, 0.6) is 0 Å². The van der Waals surface area contributed by atoms with Crippen LogP contribution in [0.1, 0.15) is 50.3 Å². The molecule has 1 N–H and O–H groups in total. The summed E-state index contributed by atoms with van der Waals surface area (Å²) in [7, 11) is 1.84. The Kier molecular flexibility index (Phi) is 6.22. The molecule has 1 heterocycles. The van der Waals surface area contributed by atoms with Gasteiger partial charge >= 0.3 is 0 Å². The van der Waals surface area contributed by atoms with E-state index < -0.39 is 0 Å². The highest BCUT2D eigenvalue weighted by atomic mass is 16.5. The van der Waals surface area contributed by atoms with Crippen molar-refractivity contribution < 1.29 is 9.47 Å². The molecule has 0 saturated carbocycles. The first-order valence-corrected chi connectivity index (χ1v) is 8.21. The maximum absolute atomic E-state index is 6.01. The van der Waals surface area contributed by atoms with Crippen LogP contribution in [0, 0.1) is 0 Å². The van der Waals surface area contributed by atoms with Gasteiger partial charge in [0.1, 0.15) is 0 Å². The van der Waals surface area contributed by atoms with E-state index in [1.54, 1.807) is 0 Å². The van der Waals surface area contributed by atoms with Crippen LogP contribution in [0.2, 0.25) is 0 Å². The molecule has 0 aromatic heterocycles. The van der Waals surface area contributed by atoms with Crippen molar-refractivity contribution in [3.8, 4) is 0 Å². The zero-order chi connectivity index (χ0) is 15.1.